The van der Waals surface area contributed by atoms with Crippen molar-refractivity contribution in [3.8, 4) is 34.3 Å². The average molecular weight is 620 g/mol. The molecule has 0 radical (unpaired) electrons. The van der Waals surface area contributed by atoms with Gasteiger partial charge in [-0.2, -0.15) is 0 Å². The van der Waals surface area contributed by atoms with Gasteiger partial charge >= 0.3 is 0 Å². The van der Waals surface area contributed by atoms with Gasteiger partial charge in [0.2, 0.25) is 16.9 Å². The first kappa shape index (κ1) is 25.7. The molecule has 1 heterocycles. The lowest BCUT2D eigenvalue weighted by atomic mass is 10.1. The Morgan fingerprint density at radius 1 is 0.711 bits per heavy atom. The summed E-state index contributed by atoms with van der Waals surface area (Å²) in [7, 11) is 3.11. The van der Waals surface area contributed by atoms with Crippen molar-refractivity contribution in [3.63, 3.8) is 0 Å². The van der Waals surface area contributed by atoms with E-state index in [0.717, 1.165) is 14.7 Å². The van der Waals surface area contributed by atoms with E-state index in [-0.39, 0.29) is 23.5 Å². The normalized spacial score (nSPS) is 10.8. The molecule has 0 fully saturated rings. The maximum absolute atomic E-state index is 13.7. The van der Waals surface area contributed by atoms with Crippen LogP contribution in [0.5, 0.6) is 23.0 Å². The summed E-state index contributed by atoms with van der Waals surface area (Å²) in [6.07, 6.45) is 0. The molecule has 5 rings (SSSR count). The van der Waals surface area contributed by atoms with Gasteiger partial charge in [-0.1, -0.05) is 66.7 Å². The number of ether oxygens (including phenoxy) is 4. The Kier molecular flexibility index (Phi) is 7.83. The Hall–Kier alpha value is -3.98. The lowest BCUT2D eigenvalue weighted by Gasteiger charge is -2.17. The number of rotatable bonds is 9. The highest BCUT2D eigenvalue weighted by atomic mass is 127. The van der Waals surface area contributed by atoms with E-state index in [1.807, 2.05) is 72.8 Å². The molecule has 6 nitrogen and oxygen atoms in total. The van der Waals surface area contributed by atoms with Gasteiger partial charge in [0.05, 0.1) is 19.6 Å². The van der Waals surface area contributed by atoms with Crippen LogP contribution in [-0.4, -0.2) is 14.2 Å². The van der Waals surface area contributed by atoms with E-state index in [0.29, 0.717) is 40.4 Å². The van der Waals surface area contributed by atoms with Crippen LogP contribution in [0, 0.1) is 3.57 Å². The predicted octanol–water partition coefficient (Wildman–Crippen LogP) is 7.24. The van der Waals surface area contributed by atoms with Crippen LogP contribution in [0.2, 0.25) is 0 Å². The summed E-state index contributed by atoms with van der Waals surface area (Å²) in [5.41, 5.74) is 2.72. The minimum Gasteiger partial charge on any atom is -0.493 e. The molecule has 0 aliphatic rings. The molecule has 0 saturated carbocycles. The van der Waals surface area contributed by atoms with Gasteiger partial charge in [-0.25, -0.2) is 0 Å². The zero-order valence-corrected chi connectivity index (χ0v) is 23.1. The number of hydrogen-bond donors (Lipinski definition) is 0. The molecule has 7 heteroatoms. The summed E-state index contributed by atoms with van der Waals surface area (Å²) >= 11 is 2.14. The van der Waals surface area contributed by atoms with Crippen LogP contribution < -0.4 is 24.4 Å². The molecule has 5 aromatic rings. The predicted molar refractivity (Wildman–Crippen MR) is 155 cm³/mol. The second-order valence-electron chi connectivity index (χ2n) is 8.46. The van der Waals surface area contributed by atoms with Crippen LogP contribution in [0.15, 0.2) is 100 Å². The standard InChI is InChI=1S/C31H25IO6/c1-34-25-16-22(17-26(35-2)30(25)36-18-20-10-5-3-6-11-20)29-31(37-19-21-12-7-4-8-13-21)28(33)27-23(32)14-9-15-24(27)38-29/h3-17H,18-19H2,1-2H3. The van der Waals surface area contributed by atoms with Gasteiger partial charge in [0, 0.05) is 9.13 Å². The third kappa shape index (κ3) is 5.33. The lowest BCUT2D eigenvalue weighted by molar-refractivity contribution is 0.266. The van der Waals surface area contributed by atoms with Crippen molar-refractivity contribution in [1.82, 2.24) is 0 Å². The van der Waals surface area contributed by atoms with Crippen LogP contribution in [0.1, 0.15) is 11.1 Å². The van der Waals surface area contributed by atoms with Crippen LogP contribution in [0.25, 0.3) is 22.3 Å². The molecular weight excluding hydrogens is 595 g/mol. The molecule has 0 atom stereocenters. The van der Waals surface area contributed by atoms with Crippen molar-refractivity contribution in [3.05, 3.63) is 116 Å². The number of fused-ring (bicyclic) bond motifs is 1. The Labute approximate surface area is 233 Å². The highest BCUT2D eigenvalue weighted by molar-refractivity contribution is 14.1. The Balaban J connectivity index is 1.62. The van der Waals surface area contributed by atoms with Crippen molar-refractivity contribution in [2.75, 3.05) is 14.2 Å². The first-order valence-corrected chi connectivity index (χ1v) is 13.0. The smallest absolute Gasteiger partial charge is 0.236 e. The summed E-state index contributed by atoms with van der Waals surface area (Å²) in [5, 5.41) is 0.474. The zero-order valence-electron chi connectivity index (χ0n) is 20.9. The molecule has 0 amide bonds. The van der Waals surface area contributed by atoms with E-state index in [4.69, 9.17) is 23.4 Å². The Morgan fingerprint density at radius 2 is 1.26 bits per heavy atom. The third-order valence-corrected chi connectivity index (χ3v) is 6.90. The SMILES string of the molecule is COc1cc(-c2oc3cccc(I)c3c(=O)c2OCc2ccccc2)cc(OC)c1OCc1ccccc1. The molecule has 0 aliphatic heterocycles. The van der Waals surface area contributed by atoms with Crippen LogP contribution in [-0.2, 0) is 13.2 Å². The van der Waals surface area contributed by atoms with E-state index in [9.17, 15) is 4.79 Å². The highest BCUT2D eigenvalue weighted by Gasteiger charge is 2.23. The molecule has 0 saturated heterocycles. The fourth-order valence-electron chi connectivity index (χ4n) is 4.12. The molecule has 1 aromatic heterocycles. The van der Waals surface area contributed by atoms with E-state index < -0.39 is 0 Å². The van der Waals surface area contributed by atoms with Crippen LogP contribution in [0.4, 0.5) is 0 Å². The van der Waals surface area contributed by atoms with Gasteiger partial charge in [0.15, 0.2) is 17.3 Å². The fourth-order valence-corrected chi connectivity index (χ4v) is 4.83. The van der Waals surface area contributed by atoms with Gasteiger partial charge in [0.25, 0.3) is 0 Å². The first-order valence-electron chi connectivity index (χ1n) is 11.9. The molecule has 0 unspecified atom stereocenters. The summed E-state index contributed by atoms with van der Waals surface area (Å²) in [4.78, 5) is 13.7. The quantitative estimate of drug-likeness (QED) is 0.162. The van der Waals surface area contributed by atoms with Crippen LogP contribution in [0.3, 0.4) is 0 Å². The van der Waals surface area contributed by atoms with Crippen molar-refractivity contribution in [1.29, 1.82) is 0 Å². The second kappa shape index (κ2) is 11.6. The molecule has 0 bridgehead atoms. The largest absolute Gasteiger partial charge is 0.493 e. The van der Waals surface area contributed by atoms with Gasteiger partial charge in [-0.15, -0.1) is 0 Å². The van der Waals surface area contributed by atoms with Gasteiger partial charge in [-0.3, -0.25) is 4.79 Å². The lowest BCUT2D eigenvalue weighted by Crippen LogP contribution is -2.11. The molecule has 0 aliphatic carbocycles. The number of benzene rings is 4. The van der Waals surface area contributed by atoms with E-state index in [1.54, 1.807) is 32.4 Å². The maximum Gasteiger partial charge on any atom is 0.236 e. The maximum atomic E-state index is 13.7. The van der Waals surface area contributed by atoms with Crippen molar-refractivity contribution < 1.29 is 23.4 Å². The van der Waals surface area contributed by atoms with E-state index >= 15 is 0 Å². The Bertz CT molecular complexity index is 1590. The van der Waals surface area contributed by atoms with E-state index in [2.05, 4.69) is 22.6 Å². The topological polar surface area (TPSA) is 67.1 Å². The van der Waals surface area contributed by atoms with Crippen LogP contribution >= 0.6 is 22.6 Å². The van der Waals surface area contributed by atoms with E-state index in [1.165, 1.54) is 0 Å². The van der Waals surface area contributed by atoms with Crippen molar-refractivity contribution in [2.45, 2.75) is 13.2 Å². The minimum absolute atomic E-state index is 0.118. The summed E-state index contributed by atoms with van der Waals surface area (Å²) in [5.74, 6) is 1.73. The number of methoxy groups -OCH3 is 2. The van der Waals surface area contributed by atoms with Gasteiger partial charge < -0.3 is 23.4 Å². The third-order valence-electron chi connectivity index (χ3n) is 6.00. The minimum atomic E-state index is -0.246. The molecule has 38 heavy (non-hydrogen) atoms. The fraction of sp³-hybridized carbons (Fsp3) is 0.129. The summed E-state index contributed by atoms with van der Waals surface area (Å²) < 4.78 is 30.7. The van der Waals surface area contributed by atoms with Crippen molar-refractivity contribution in [2.24, 2.45) is 0 Å². The van der Waals surface area contributed by atoms with Gasteiger partial charge in [0.1, 0.15) is 18.8 Å². The monoisotopic (exact) mass is 620 g/mol. The molecule has 0 N–H and O–H groups in total. The summed E-state index contributed by atoms with van der Waals surface area (Å²) in [6.45, 7) is 0.544. The molecular formula is C31H25IO6. The molecule has 192 valence electrons. The molecule has 4 aromatic carbocycles. The highest BCUT2D eigenvalue weighted by Crippen LogP contribution is 2.44. The second-order valence-corrected chi connectivity index (χ2v) is 9.62. The van der Waals surface area contributed by atoms with Gasteiger partial charge in [-0.05, 0) is 58.0 Å². The van der Waals surface area contributed by atoms with Crippen molar-refractivity contribution >= 4 is 33.6 Å². The molecule has 0 spiro atoms. The Morgan fingerprint density at radius 3 is 1.82 bits per heavy atom. The summed E-state index contributed by atoms with van der Waals surface area (Å²) in [6, 6.07) is 28.5. The average Bonchev–Trinajstić information content (AvgIpc) is 2.96. The first-order chi connectivity index (χ1) is 18.6. The zero-order chi connectivity index (χ0) is 26.5. The number of halogens is 1. The number of hydrogen-bond acceptors (Lipinski definition) is 6.